The molecule has 0 saturated heterocycles. The molecule has 3 aromatic carbocycles. The Kier molecular flexibility index (Phi) is 4.56. The summed E-state index contributed by atoms with van der Waals surface area (Å²) in [6, 6.07) is 25.0. The monoisotopic (exact) mass is 404 g/mol. The van der Waals surface area contributed by atoms with Gasteiger partial charge in [-0.3, -0.25) is 14.8 Å². The molecule has 31 heavy (non-hydrogen) atoms. The fourth-order valence-corrected chi connectivity index (χ4v) is 3.81. The first-order valence-corrected chi connectivity index (χ1v) is 10.0. The van der Waals surface area contributed by atoms with E-state index in [9.17, 15) is 4.79 Å². The molecule has 2 heterocycles. The molecule has 0 unspecified atom stereocenters. The second kappa shape index (κ2) is 7.54. The van der Waals surface area contributed by atoms with Gasteiger partial charge >= 0.3 is 0 Å². The van der Waals surface area contributed by atoms with E-state index in [-0.39, 0.29) is 5.91 Å². The normalized spacial score (nSPS) is 11.0. The van der Waals surface area contributed by atoms with E-state index in [0.29, 0.717) is 16.9 Å². The summed E-state index contributed by atoms with van der Waals surface area (Å²) in [7, 11) is 0. The van der Waals surface area contributed by atoms with Gasteiger partial charge in [0.1, 0.15) is 0 Å². The van der Waals surface area contributed by atoms with Crippen molar-refractivity contribution in [2.45, 2.75) is 6.92 Å². The Labute approximate surface area is 179 Å². The number of nitrogens with zero attached hydrogens (tertiary/aromatic N) is 2. The third kappa shape index (κ3) is 3.57. The number of aryl methyl sites for hydroxylation is 1. The van der Waals surface area contributed by atoms with Crippen LogP contribution in [0.4, 0.5) is 11.4 Å². The molecular formula is C26H20N4O. The van der Waals surface area contributed by atoms with Gasteiger partial charge < -0.3 is 11.1 Å². The fraction of sp³-hybridized carbons (Fsp3) is 0.0385. The van der Waals surface area contributed by atoms with Crippen molar-refractivity contribution in [3.63, 3.8) is 0 Å². The van der Waals surface area contributed by atoms with Gasteiger partial charge in [0, 0.05) is 45.2 Å². The van der Waals surface area contributed by atoms with Crippen LogP contribution in [0, 0.1) is 6.92 Å². The smallest absolute Gasteiger partial charge is 0.255 e. The lowest BCUT2D eigenvalue weighted by Crippen LogP contribution is -2.11. The van der Waals surface area contributed by atoms with Crippen LogP contribution >= 0.6 is 0 Å². The molecule has 0 radical (unpaired) electrons. The summed E-state index contributed by atoms with van der Waals surface area (Å²) in [4.78, 5) is 21.8. The van der Waals surface area contributed by atoms with Crippen LogP contribution in [0.3, 0.4) is 0 Å². The molecule has 0 spiro atoms. The zero-order valence-corrected chi connectivity index (χ0v) is 17.0. The highest BCUT2D eigenvalue weighted by atomic mass is 16.1. The SMILES string of the molecule is Cc1cc(N)c2cc(NC(=O)c3ccc(-c4cccc5cccnc45)cc3)ccc2n1. The summed E-state index contributed by atoms with van der Waals surface area (Å²) in [6.07, 6.45) is 1.79. The predicted molar refractivity (Wildman–Crippen MR) is 126 cm³/mol. The van der Waals surface area contributed by atoms with Gasteiger partial charge in [-0.1, -0.05) is 36.4 Å². The van der Waals surface area contributed by atoms with Crippen LogP contribution in [-0.2, 0) is 0 Å². The van der Waals surface area contributed by atoms with Crippen molar-refractivity contribution in [2.75, 3.05) is 11.1 Å². The molecule has 5 heteroatoms. The van der Waals surface area contributed by atoms with Gasteiger partial charge in [0.15, 0.2) is 0 Å². The number of nitrogens with one attached hydrogen (secondary N) is 1. The Morgan fingerprint density at radius 2 is 1.74 bits per heavy atom. The molecule has 0 saturated carbocycles. The van der Waals surface area contributed by atoms with Crippen molar-refractivity contribution < 1.29 is 4.79 Å². The number of rotatable bonds is 3. The first-order chi connectivity index (χ1) is 15.1. The molecule has 2 aromatic heterocycles. The Morgan fingerprint density at radius 3 is 2.58 bits per heavy atom. The van der Waals surface area contributed by atoms with E-state index in [1.54, 1.807) is 6.20 Å². The molecule has 5 rings (SSSR count). The standard InChI is InChI=1S/C26H20N4O/c1-16-14-23(27)22-15-20(11-12-24(22)29-16)30-26(31)19-9-7-17(8-10-19)21-6-2-4-18-5-3-13-28-25(18)21/h2-15H,1H3,(H2,27,29)(H,30,31). The van der Waals surface area contributed by atoms with Crippen LogP contribution in [0.15, 0.2) is 85.1 Å². The number of amides is 1. The number of para-hydroxylation sites is 1. The number of anilines is 2. The predicted octanol–water partition coefficient (Wildman–Crippen LogP) is 5.59. The molecule has 0 fully saturated rings. The van der Waals surface area contributed by atoms with Crippen molar-refractivity contribution in [1.82, 2.24) is 9.97 Å². The van der Waals surface area contributed by atoms with E-state index < -0.39 is 0 Å². The molecule has 0 aliphatic rings. The minimum absolute atomic E-state index is 0.180. The Balaban J connectivity index is 1.41. The van der Waals surface area contributed by atoms with E-state index in [1.165, 1.54) is 0 Å². The van der Waals surface area contributed by atoms with Gasteiger partial charge in [-0.15, -0.1) is 0 Å². The highest BCUT2D eigenvalue weighted by molar-refractivity contribution is 6.06. The van der Waals surface area contributed by atoms with Gasteiger partial charge in [-0.05, 0) is 55.0 Å². The Morgan fingerprint density at radius 1 is 0.935 bits per heavy atom. The van der Waals surface area contributed by atoms with Crippen LogP contribution in [0.2, 0.25) is 0 Å². The molecule has 0 aliphatic heterocycles. The molecule has 0 atom stereocenters. The summed E-state index contributed by atoms with van der Waals surface area (Å²) in [5.74, 6) is -0.180. The van der Waals surface area contributed by atoms with Crippen LogP contribution in [0.5, 0.6) is 0 Å². The first-order valence-electron chi connectivity index (χ1n) is 10.0. The van der Waals surface area contributed by atoms with Gasteiger partial charge in [-0.2, -0.15) is 0 Å². The maximum absolute atomic E-state index is 12.8. The lowest BCUT2D eigenvalue weighted by atomic mass is 10.0. The summed E-state index contributed by atoms with van der Waals surface area (Å²) in [5, 5.41) is 4.85. The molecule has 5 aromatic rings. The largest absolute Gasteiger partial charge is 0.398 e. The number of carbonyl (C=O) groups is 1. The summed E-state index contributed by atoms with van der Waals surface area (Å²) in [6.45, 7) is 1.91. The number of pyridine rings is 2. The quantitative estimate of drug-likeness (QED) is 0.410. The molecular weight excluding hydrogens is 384 g/mol. The number of fused-ring (bicyclic) bond motifs is 2. The Hall–Kier alpha value is -4.25. The van der Waals surface area contributed by atoms with Crippen molar-refractivity contribution in [3.8, 4) is 11.1 Å². The maximum Gasteiger partial charge on any atom is 0.255 e. The number of nitrogens with two attached hydrogens (primary N) is 1. The number of hydrogen-bond acceptors (Lipinski definition) is 4. The fourth-order valence-electron chi connectivity index (χ4n) is 3.81. The summed E-state index contributed by atoms with van der Waals surface area (Å²) < 4.78 is 0. The summed E-state index contributed by atoms with van der Waals surface area (Å²) in [5.41, 5.74) is 12.7. The number of aromatic nitrogens is 2. The Bertz CT molecular complexity index is 1440. The van der Waals surface area contributed by atoms with E-state index >= 15 is 0 Å². The van der Waals surface area contributed by atoms with Crippen molar-refractivity contribution in [2.24, 2.45) is 0 Å². The van der Waals surface area contributed by atoms with E-state index in [1.807, 2.05) is 85.8 Å². The molecule has 0 bridgehead atoms. The van der Waals surface area contributed by atoms with Crippen LogP contribution in [-0.4, -0.2) is 15.9 Å². The zero-order chi connectivity index (χ0) is 21.4. The molecule has 150 valence electrons. The lowest BCUT2D eigenvalue weighted by molar-refractivity contribution is 0.102. The summed E-state index contributed by atoms with van der Waals surface area (Å²) >= 11 is 0. The van der Waals surface area contributed by atoms with Crippen molar-refractivity contribution in [3.05, 3.63) is 96.3 Å². The van der Waals surface area contributed by atoms with E-state index in [0.717, 1.165) is 38.6 Å². The molecule has 3 N–H and O–H groups in total. The second-order valence-electron chi connectivity index (χ2n) is 7.50. The third-order valence-electron chi connectivity index (χ3n) is 5.32. The highest BCUT2D eigenvalue weighted by Gasteiger charge is 2.10. The second-order valence-corrected chi connectivity index (χ2v) is 7.50. The number of nitrogen functional groups attached to an aromatic ring is 1. The van der Waals surface area contributed by atoms with Gasteiger partial charge in [-0.25, -0.2) is 0 Å². The topological polar surface area (TPSA) is 80.9 Å². The molecule has 1 amide bonds. The average molecular weight is 404 g/mol. The van der Waals surface area contributed by atoms with Crippen molar-refractivity contribution in [1.29, 1.82) is 0 Å². The van der Waals surface area contributed by atoms with Crippen LogP contribution in [0.25, 0.3) is 32.9 Å². The van der Waals surface area contributed by atoms with Gasteiger partial charge in [0.05, 0.1) is 11.0 Å². The van der Waals surface area contributed by atoms with E-state index in [2.05, 4.69) is 15.3 Å². The maximum atomic E-state index is 12.8. The van der Waals surface area contributed by atoms with E-state index in [4.69, 9.17) is 5.73 Å². The third-order valence-corrected chi connectivity index (χ3v) is 5.32. The van der Waals surface area contributed by atoms with Crippen molar-refractivity contribution >= 4 is 39.1 Å². The first kappa shape index (κ1) is 18.8. The van der Waals surface area contributed by atoms with Gasteiger partial charge in [0.25, 0.3) is 5.91 Å². The lowest BCUT2D eigenvalue weighted by Gasteiger charge is -2.10. The van der Waals surface area contributed by atoms with Gasteiger partial charge in [0.2, 0.25) is 0 Å². The number of hydrogen-bond donors (Lipinski definition) is 2. The zero-order valence-electron chi connectivity index (χ0n) is 17.0. The van der Waals surface area contributed by atoms with Crippen LogP contribution in [0.1, 0.15) is 16.1 Å². The number of carbonyl (C=O) groups excluding carboxylic acids is 1. The minimum Gasteiger partial charge on any atom is -0.398 e. The van der Waals surface area contributed by atoms with Crippen LogP contribution < -0.4 is 11.1 Å². The molecule has 5 nitrogen and oxygen atoms in total. The molecule has 0 aliphatic carbocycles. The average Bonchev–Trinajstić information content (AvgIpc) is 2.79. The number of benzene rings is 3. The highest BCUT2D eigenvalue weighted by Crippen LogP contribution is 2.28. The minimum atomic E-state index is -0.180.